The smallest absolute Gasteiger partial charge is 0.167 e. The topological polar surface area (TPSA) is 61.9 Å². The number of hydrogen-bond acceptors (Lipinski definition) is 4. The molecule has 1 N–H and O–H groups in total. The molecule has 0 saturated heterocycles. The van der Waals surface area contributed by atoms with Crippen molar-refractivity contribution in [2.24, 2.45) is 17.8 Å². The molecule has 2 aromatic rings. The van der Waals surface area contributed by atoms with Crippen molar-refractivity contribution in [3.05, 3.63) is 41.6 Å². The highest BCUT2D eigenvalue weighted by Gasteiger charge is 2.50. The zero-order valence-electron chi connectivity index (χ0n) is 14.4. The Morgan fingerprint density at radius 3 is 2.32 bits per heavy atom. The second-order valence-corrected chi connectivity index (χ2v) is 8.42. The van der Waals surface area contributed by atoms with Crippen LogP contribution in [-0.2, 0) is 6.54 Å². The van der Waals surface area contributed by atoms with Gasteiger partial charge in [0.05, 0.1) is 17.3 Å². The van der Waals surface area contributed by atoms with Gasteiger partial charge in [0.15, 0.2) is 5.76 Å². The molecule has 0 unspecified atom stereocenters. The van der Waals surface area contributed by atoms with Gasteiger partial charge in [-0.2, -0.15) is 5.26 Å². The molecular weight excluding hydrogens is 310 g/mol. The van der Waals surface area contributed by atoms with Gasteiger partial charge in [0, 0.05) is 23.7 Å². The zero-order valence-corrected chi connectivity index (χ0v) is 14.4. The highest BCUT2D eigenvalue weighted by atomic mass is 16.5. The van der Waals surface area contributed by atoms with E-state index < -0.39 is 0 Å². The van der Waals surface area contributed by atoms with E-state index in [9.17, 15) is 0 Å². The van der Waals surface area contributed by atoms with Gasteiger partial charge in [-0.25, -0.2) is 0 Å². The molecule has 0 aliphatic heterocycles. The number of benzene rings is 1. The van der Waals surface area contributed by atoms with Crippen molar-refractivity contribution in [3.63, 3.8) is 0 Å². The minimum Gasteiger partial charge on any atom is -0.356 e. The Morgan fingerprint density at radius 2 is 1.72 bits per heavy atom. The van der Waals surface area contributed by atoms with Crippen molar-refractivity contribution in [1.29, 1.82) is 5.26 Å². The van der Waals surface area contributed by atoms with E-state index in [0.29, 0.717) is 11.1 Å². The molecule has 0 radical (unpaired) electrons. The van der Waals surface area contributed by atoms with Crippen LogP contribution < -0.4 is 5.32 Å². The van der Waals surface area contributed by atoms with Crippen LogP contribution in [0.25, 0.3) is 11.3 Å². The summed E-state index contributed by atoms with van der Waals surface area (Å²) in [7, 11) is 0. The molecule has 0 atom stereocenters. The first kappa shape index (κ1) is 15.2. The summed E-state index contributed by atoms with van der Waals surface area (Å²) in [6.07, 6.45) is 8.44. The van der Waals surface area contributed by atoms with Crippen molar-refractivity contribution >= 4 is 0 Å². The molecule has 4 heteroatoms. The fourth-order valence-corrected chi connectivity index (χ4v) is 5.85. The van der Waals surface area contributed by atoms with Gasteiger partial charge in [-0.15, -0.1) is 0 Å². The molecule has 4 aliphatic rings. The third-order valence-corrected chi connectivity index (χ3v) is 6.54. The maximum Gasteiger partial charge on any atom is 0.167 e. The molecule has 4 saturated carbocycles. The predicted octanol–water partition coefficient (Wildman–Crippen LogP) is 4.27. The SMILES string of the molecule is N#Cc1ccc(-c2cc(CNC34CC5CC(CC(C5)C3)C4)no2)cc1. The number of aromatic nitrogens is 1. The summed E-state index contributed by atoms with van der Waals surface area (Å²) in [5.41, 5.74) is 2.94. The molecule has 0 spiro atoms. The van der Waals surface area contributed by atoms with Crippen LogP contribution in [0.1, 0.15) is 49.8 Å². The normalized spacial score (nSPS) is 32.7. The number of nitrogens with zero attached hydrogens (tertiary/aromatic N) is 2. The van der Waals surface area contributed by atoms with Gasteiger partial charge in [-0.05, 0) is 80.5 Å². The second kappa shape index (κ2) is 5.71. The molecule has 1 heterocycles. The summed E-state index contributed by atoms with van der Waals surface area (Å²) < 4.78 is 5.52. The molecule has 4 fully saturated rings. The predicted molar refractivity (Wildman–Crippen MR) is 94.4 cm³/mol. The monoisotopic (exact) mass is 333 g/mol. The molecule has 1 aromatic carbocycles. The molecule has 0 amide bonds. The number of nitriles is 1. The molecule has 6 rings (SSSR count). The standard InChI is InChI=1S/C21H23N3O/c22-12-14-1-3-18(4-2-14)20-8-19(24-25-20)13-23-21-9-15-5-16(10-21)7-17(6-15)11-21/h1-4,8,15-17,23H,5-7,9-11,13H2. The molecule has 128 valence electrons. The molecule has 4 nitrogen and oxygen atoms in total. The largest absolute Gasteiger partial charge is 0.356 e. The molecule has 25 heavy (non-hydrogen) atoms. The lowest BCUT2D eigenvalue weighted by atomic mass is 9.53. The van der Waals surface area contributed by atoms with Crippen LogP contribution in [0.3, 0.4) is 0 Å². The van der Waals surface area contributed by atoms with Crippen molar-refractivity contribution in [1.82, 2.24) is 10.5 Å². The van der Waals surface area contributed by atoms with Crippen molar-refractivity contribution < 1.29 is 4.52 Å². The minimum atomic E-state index is 0.350. The fourth-order valence-electron chi connectivity index (χ4n) is 5.85. The number of nitrogens with one attached hydrogen (secondary N) is 1. The Balaban J connectivity index is 1.28. The Bertz CT molecular complexity index is 779. The maximum absolute atomic E-state index is 8.90. The quantitative estimate of drug-likeness (QED) is 0.907. The summed E-state index contributed by atoms with van der Waals surface area (Å²) in [5.74, 6) is 3.62. The van der Waals surface area contributed by atoms with Crippen molar-refractivity contribution in [3.8, 4) is 17.4 Å². The van der Waals surface area contributed by atoms with Gasteiger partial charge in [0.2, 0.25) is 0 Å². The average molecular weight is 333 g/mol. The van der Waals surface area contributed by atoms with Crippen LogP contribution in [0.2, 0.25) is 0 Å². The second-order valence-electron chi connectivity index (χ2n) is 8.42. The Morgan fingerprint density at radius 1 is 1.08 bits per heavy atom. The summed E-state index contributed by atoms with van der Waals surface area (Å²) in [6.45, 7) is 0.784. The molecule has 1 aromatic heterocycles. The van der Waals surface area contributed by atoms with Gasteiger partial charge in [-0.1, -0.05) is 5.16 Å². The lowest BCUT2D eigenvalue weighted by Crippen LogP contribution is -2.58. The van der Waals surface area contributed by atoms with Crippen LogP contribution in [-0.4, -0.2) is 10.7 Å². The molecule has 4 bridgehead atoms. The van der Waals surface area contributed by atoms with E-state index in [1.807, 2.05) is 30.3 Å². The molecular formula is C21H23N3O. The third-order valence-electron chi connectivity index (χ3n) is 6.54. The number of rotatable bonds is 4. The Kier molecular flexibility index (Phi) is 3.46. The van der Waals surface area contributed by atoms with E-state index >= 15 is 0 Å². The van der Waals surface area contributed by atoms with E-state index in [1.54, 1.807) is 0 Å². The fraction of sp³-hybridized carbons (Fsp3) is 0.524. The highest BCUT2D eigenvalue weighted by Crippen LogP contribution is 2.55. The Hall–Kier alpha value is -2.12. The lowest BCUT2D eigenvalue weighted by Gasteiger charge is -2.57. The van der Waals surface area contributed by atoms with Crippen molar-refractivity contribution in [2.45, 2.75) is 50.6 Å². The van der Waals surface area contributed by atoms with E-state index in [4.69, 9.17) is 9.78 Å². The third kappa shape index (κ3) is 2.77. The molecule has 4 aliphatic carbocycles. The van der Waals surface area contributed by atoms with E-state index in [1.165, 1.54) is 38.5 Å². The summed E-state index contributed by atoms with van der Waals surface area (Å²) >= 11 is 0. The highest BCUT2D eigenvalue weighted by molar-refractivity contribution is 5.58. The van der Waals surface area contributed by atoms with Crippen LogP contribution >= 0.6 is 0 Å². The van der Waals surface area contributed by atoms with Gasteiger partial charge in [0.1, 0.15) is 0 Å². The zero-order chi connectivity index (χ0) is 16.9. The lowest BCUT2D eigenvalue weighted by molar-refractivity contribution is -0.0208. The van der Waals surface area contributed by atoms with Crippen molar-refractivity contribution in [2.75, 3.05) is 0 Å². The summed E-state index contributed by atoms with van der Waals surface area (Å²) in [5, 5.41) is 17.0. The van der Waals surface area contributed by atoms with Crippen LogP contribution in [0, 0.1) is 29.1 Å². The first-order chi connectivity index (χ1) is 12.2. The van der Waals surface area contributed by atoms with Gasteiger partial charge in [0.25, 0.3) is 0 Å². The first-order valence-corrected chi connectivity index (χ1v) is 9.42. The average Bonchev–Trinajstić information content (AvgIpc) is 3.08. The summed E-state index contributed by atoms with van der Waals surface area (Å²) in [4.78, 5) is 0. The summed E-state index contributed by atoms with van der Waals surface area (Å²) in [6, 6.07) is 11.6. The van der Waals surface area contributed by atoms with Crippen LogP contribution in [0.5, 0.6) is 0 Å². The van der Waals surface area contributed by atoms with Gasteiger partial charge >= 0.3 is 0 Å². The van der Waals surface area contributed by atoms with E-state index in [0.717, 1.165) is 41.3 Å². The van der Waals surface area contributed by atoms with E-state index in [2.05, 4.69) is 16.5 Å². The maximum atomic E-state index is 8.90. The Labute approximate surface area is 148 Å². The van der Waals surface area contributed by atoms with Crippen LogP contribution in [0.4, 0.5) is 0 Å². The number of hydrogen-bond donors (Lipinski definition) is 1. The van der Waals surface area contributed by atoms with Crippen LogP contribution in [0.15, 0.2) is 34.9 Å². The minimum absolute atomic E-state index is 0.350. The van der Waals surface area contributed by atoms with E-state index in [-0.39, 0.29) is 0 Å². The van der Waals surface area contributed by atoms with Gasteiger partial charge in [-0.3, -0.25) is 0 Å². The van der Waals surface area contributed by atoms with Gasteiger partial charge < -0.3 is 9.84 Å². The first-order valence-electron chi connectivity index (χ1n) is 9.42.